The molecule has 1 fully saturated rings. The normalized spacial score (nSPS) is 18.0. The van der Waals surface area contributed by atoms with Gasteiger partial charge in [0.1, 0.15) is 0 Å². The maximum Gasteiger partial charge on any atom is 0.231 e. The van der Waals surface area contributed by atoms with E-state index in [9.17, 15) is 9.59 Å². The molecule has 5 nitrogen and oxygen atoms in total. The molecule has 0 bridgehead atoms. The van der Waals surface area contributed by atoms with Crippen LogP contribution in [0.5, 0.6) is 0 Å². The Bertz CT molecular complexity index is 617. The van der Waals surface area contributed by atoms with Crippen molar-refractivity contribution < 1.29 is 9.59 Å². The van der Waals surface area contributed by atoms with Crippen molar-refractivity contribution in [2.75, 3.05) is 44.0 Å². The van der Waals surface area contributed by atoms with Crippen molar-refractivity contribution in [3.05, 3.63) is 24.3 Å². The van der Waals surface area contributed by atoms with Crippen molar-refractivity contribution in [1.82, 2.24) is 4.90 Å². The van der Waals surface area contributed by atoms with Crippen LogP contribution in [0.1, 0.15) is 33.6 Å². The van der Waals surface area contributed by atoms with Crippen molar-refractivity contribution in [2.45, 2.75) is 33.6 Å². The molecule has 2 rings (SSSR count). The highest BCUT2D eigenvalue weighted by molar-refractivity contribution is 5.95. The van der Waals surface area contributed by atoms with Crippen LogP contribution < -0.4 is 9.80 Å². The topological polar surface area (TPSA) is 43.9 Å². The van der Waals surface area contributed by atoms with Gasteiger partial charge in [-0.2, -0.15) is 0 Å². The van der Waals surface area contributed by atoms with E-state index in [-0.39, 0.29) is 17.7 Å². The predicted octanol–water partition coefficient (Wildman–Crippen LogP) is 3.00. The Labute approximate surface area is 151 Å². The SMILES string of the molecule is CN(C)c1ccc(N(C)C(=O)C2CCCN(C(=O)C(C)(C)C)C2)cc1. The Morgan fingerprint density at radius 1 is 1.04 bits per heavy atom. The van der Waals surface area contributed by atoms with Crippen LogP contribution in [0.25, 0.3) is 0 Å². The number of carbonyl (C=O) groups excluding carboxylic acids is 2. The molecular formula is C20H31N3O2. The summed E-state index contributed by atoms with van der Waals surface area (Å²) in [6.45, 7) is 7.06. The molecule has 0 N–H and O–H groups in total. The van der Waals surface area contributed by atoms with E-state index in [1.807, 2.05) is 76.0 Å². The Balaban J connectivity index is 2.07. The van der Waals surface area contributed by atoms with Crippen LogP contribution in [0.4, 0.5) is 11.4 Å². The smallest absolute Gasteiger partial charge is 0.231 e. The molecule has 25 heavy (non-hydrogen) atoms. The van der Waals surface area contributed by atoms with E-state index in [1.54, 1.807) is 4.90 Å². The van der Waals surface area contributed by atoms with E-state index < -0.39 is 5.41 Å². The molecule has 1 aliphatic rings. The average Bonchev–Trinajstić information content (AvgIpc) is 2.59. The maximum atomic E-state index is 12.9. The van der Waals surface area contributed by atoms with Crippen molar-refractivity contribution in [3.63, 3.8) is 0 Å². The van der Waals surface area contributed by atoms with Gasteiger partial charge in [0.25, 0.3) is 0 Å². The highest BCUT2D eigenvalue weighted by Crippen LogP contribution is 2.26. The Morgan fingerprint density at radius 3 is 2.12 bits per heavy atom. The number of anilines is 2. The number of hydrogen-bond donors (Lipinski definition) is 0. The molecule has 0 saturated carbocycles. The highest BCUT2D eigenvalue weighted by atomic mass is 16.2. The first kappa shape index (κ1) is 19.3. The fourth-order valence-electron chi connectivity index (χ4n) is 3.21. The molecule has 0 aromatic heterocycles. The maximum absolute atomic E-state index is 12.9. The van der Waals surface area contributed by atoms with E-state index in [2.05, 4.69) is 0 Å². The van der Waals surface area contributed by atoms with Gasteiger partial charge in [0.2, 0.25) is 11.8 Å². The van der Waals surface area contributed by atoms with Gasteiger partial charge in [0, 0.05) is 51.0 Å². The second kappa shape index (κ2) is 7.46. The first-order chi connectivity index (χ1) is 11.6. The molecular weight excluding hydrogens is 314 g/mol. The summed E-state index contributed by atoms with van der Waals surface area (Å²) in [5.74, 6) is 0.0885. The summed E-state index contributed by atoms with van der Waals surface area (Å²) in [6.07, 6.45) is 1.72. The lowest BCUT2D eigenvalue weighted by atomic mass is 9.90. The second-order valence-corrected chi connectivity index (χ2v) is 8.15. The molecule has 1 heterocycles. The molecule has 1 aromatic rings. The van der Waals surface area contributed by atoms with Crippen LogP contribution >= 0.6 is 0 Å². The Hall–Kier alpha value is -2.04. The number of benzene rings is 1. The Kier molecular flexibility index (Phi) is 5.76. The van der Waals surface area contributed by atoms with E-state index in [0.717, 1.165) is 30.8 Å². The third-order valence-corrected chi connectivity index (χ3v) is 4.78. The highest BCUT2D eigenvalue weighted by Gasteiger charge is 2.34. The minimum absolute atomic E-state index is 0.0870. The zero-order chi connectivity index (χ0) is 18.8. The van der Waals surface area contributed by atoms with Gasteiger partial charge in [-0.15, -0.1) is 0 Å². The van der Waals surface area contributed by atoms with Gasteiger partial charge in [0.15, 0.2) is 0 Å². The van der Waals surface area contributed by atoms with E-state index in [0.29, 0.717) is 6.54 Å². The van der Waals surface area contributed by atoms with Gasteiger partial charge in [-0.3, -0.25) is 9.59 Å². The average molecular weight is 345 g/mol. The minimum atomic E-state index is -0.404. The zero-order valence-electron chi connectivity index (χ0n) is 16.4. The quantitative estimate of drug-likeness (QED) is 0.846. The summed E-state index contributed by atoms with van der Waals surface area (Å²) >= 11 is 0. The molecule has 0 aliphatic carbocycles. The molecule has 2 amide bonds. The van der Waals surface area contributed by atoms with Gasteiger partial charge in [-0.05, 0) is 37.1 Å². The van der Waals surface area contributed by atoms with Crippen LogP contribution in [0.2, 0.25) is 0 Å². The second-order valence-electron chi connectivity index (χ2n) is 8.15. The predicted molar refractivity (Wildman–Crippen MR) is 103 cm³/mol. The van der Waals surface area contributed by atoms with Gasteiger partial charge in [-0.25, -0.2) is 0 Å². The fourth-order valence-corrected chi connectivity index (χ4v) is 3.21. The first-order valence-corrected chi connectivity index (χ1v) is 8.95. The monoisotopic (exact) mass is 345 g/mol. The van der Waals surface area contributed by atoms with Gasteiger partial charge in [0.05, 0.1) is 5.92 Å². The number of carbonyl (C=O) groups is 2. The molecule has 1 aliphatic heterocycles. The van der Waals surface area contributed by atoms with Crippen molar-refractivity contribution in [3.8, 4) is 0 Å². The minimum Gasteiger partial charge on any atom is -0.378 e. The molecule has 0 radical (unpaired) electrons. The van der Waals surface area contributed by atoms with Gasteiger partial charge in [-0.1, -0.05) is 20.8 Å². The summed E-state index contributed by atoms with van der Waals surface area (Å²) in [4.78, 5) is 31.0. The molecule has 5 heteroatoms. The number of amides is 2. The molecule has 1 aromatic carbocycles. The number of nitrogens with zero attached hydrogens (tertiary/aromatic N) is 3. The summed E-state index contributed by atoms with van der Waals surface area (Å²) in [6, 6.07) is 7.95. The fraction of sp³-hybridized carbons (Fsp3) is 0.600. The van der Waals surface area contributed by atoms with Crippen LogP contribution in [0.3, 0.4) is 0 Å². The zero-order valence-corrected chi connectivity index (χ0v) is 16.4. The largest absolute Gasteiger partial charge is 0.378 e. The van der Waals surface area contributed by atoms with Crippen molar-refractivity contribution in [1.29, 1.82) is 0 Å². The molecule has 1 saturated heterocycles. The van der Waals surface area contributed by atoms with Gasteiger partial charge >= 0.3 is 0 Å². The van der Waals surface area contributed by atoms with Gasteiger partial charge < -0.3 is 14.7 Å². The lowest BCUT2D eigenvalue weighted by Crippen LogP contribution is -2.49. The number of rotatable bonds is 3. The van der Waals surface area contributed by atoms with E-state index >= 15 is 0 Å². The third-order valence-electron chi connectivity index (χ3n) is 4.78. The summed E-state index contributed by atoms with van der Waals surface area (Å²) in [5.41, 5.74) is 1.58. The number of likely N-dealkylation sites (tertiary alicyclic amines) is 1. The summed E-state index contributed by atoms with van der Waals surface area (Å²) in [7, 11) is 5.80. The lowest BCUT2D eigenvalue weighted by molar-refractivity contribution is -0.142. The van der Waals surface area contributed by atoms with Crippen LogP contribution in [0.15, 0.2) is 24.3 Å². The van der Waals surface area contributed by atoms with Crippen molar-refractivity contribution in [2.24, 2.45) is 11.3 Å². The Morgan fingerprint density at radius 2 is 1.60 bits per heavy atom. The van der Waals surface area contributed by atoms with Crippen LogP contribution in [0, 0.1) is 11.3 Å². The summed E-state index contributed by atoms with van der Waals surface area (Å²) in [5, 5.41) is 0. The number of hydrogen-bond acceptors (Lipinski definition) is 3. The van der Waals surface area contributed by atoms with E-state index in [1.165, 1.54) is 0 Å². The standard InChI is InChI=1S/C20H31N3O2/c1-20(2,3)19(25)23-13-7-8-15(14-23)18(24)22(6)17-11-9-16(10-12-17)21(4)5/h9-12,15H,7-8,13-14H2,1-6H3. The molecule has 138 valence electrons. The lowest BCUT2D eigenvalue weighted by Gasteiger charge is -2.37. The first-order valence-electron chi connectivity index (χ1n) is 8.95. The molecule has 0 spiro atoms. The summed E-state index contributed by atoms with van der Waals surface area (Å²) < 4.78 is 0. The number of piperidine rings is 1. The van der Waals surface area contributed by atoms with E-state index in [4.69, 9.17) is 0 Å². The molecule has 1 unspecified atom stereocenters. The van der Waals surface area contributed by atoms with Crippen LogP contribution in [-0.4, -0.2) is 50.9 Å². The van der Waals surface area contributed by atoms with Crippen molar-refractivity contribution >= 4 is 23.2 Å². The van der Waals surface area contributed by atoms with Crippen LogP contribution in [-0.2, 0) is 9.59 Å². The third kappa shape index (κ3) is 4.53. The molecule has 1 atom stereocenters.